The third-order valence-corrected chi connectivity index (χ3v) is 7.76. The van der Waals surface area contributed by atoms with Gasteiger partial charge in [0.1, 0.15) is 12.1 Å². The second-order valence-electron chi connectivity index (χ2n) is 10.7. The van der Waals surface area contributed by atoms with E-state index < -0.39 is 17.4 Å². The van der Waals surface area contributed by atoms with Crippen molar-refractivity contribution < 1.29 is 9.53 Å². The maximum absolute atomic E-state index is 13.7. The fourth-order valence-electron chi connectivity index (χ4n) is 5.30. The summed E-state index contributed by atoms with van der Waals surface area (Å²) in [5, 5.41) is 22.9. The van der Waals surface area contributed by atoms with Gasteiger partial charge in [-0.05, 0) is 49.1 Å². The highest BCUT2D eigenvalue weighted by Crippen LogP contribution is 2.44. The summed E-state index contributed by atoms with van der Waals surface area (Å²) in [5.41, 5.74) is 0.426. The van der Waals surface area contributed by atoms with E-state index in [1.807, 2.05) is 55.5 Å². The second-order valence-corrected chi connectivity index (χ2v) is 10.7. The highest BCUT2D eigenvalue weighted by atomic mass is 16.5. The summed E-state index contributed by atoms with van der Waals surface area (Å²) in [6.07, 6.45) is 2.51. The monoisotopic (exact) mass is 471 g/mol. The Kier molecular flexibility index (Phi) is 8.36. The van der Waals surface area contributed by atoms with Crippen molar-refractivity contribution in [2.75, 3.05) is 0 Å². The molecule has 184 valence electrons. The number of nitrogens with one attached hydrogen (secondary N) is 1. The van der Waals surface area contributed by atoms with Crippen molar-refractivity contribution in [2.45, 2.75) is 77.5 Å². The van der Waals surface area contributed by atoms with Crippen LogP contribution in [0, 0.1) is 39.9 Å². The van der Waals surface area contributed by atoms with Gasteiger partial charge in [-0.25, -0.2) is 0 Å². The first-order valence-corrected chi connectivity index (χ1v) is 12.5. The van der Waals surface area contributed by atoms with Crippen molar-refractivity contribution >= 4 is 5.97 Å². The van der Waals surface area contributed by atoms with E-state index in [-0.39, 0.29) is 23.5 Å². The van der Waals surface area contributed by atoms with Gasteiger partial charge in [-0.2, -0.15) is 10.5 Å². The molecule has 0 saturated heterocycles. The molecule has 3 rings (SSSR count). The molecule has 2 aromatic rings. The van der Waals surface area contributed by atoms with Crippen LogP contribution in [0.2, 0.25) is 0 Å². The van der Waals surface area contributed by atoms with Crippen LogP contribution in [0.3, 0.4) is 0 Å². The van der Waals surface area contributed by atoms with Gasteiger partial charge in [0.05, 0.1) is 12.1 Å². The average molecular weight is 472 g/mol. The molecule has 0 unspecified atom stereocenters. The molecular weight excluding hydrogens is 434 g/mol. The minimum Gasteiger partial charge on any atom is -0.461 e. The van der Waals surface area contributed by atoms with Gasteiger partial charge in [-0.3, -0.25) is 10.1 Å². The van der Waals surface area contributed by atoms with Gasteiger partial charge in [0, 0.05) is 12.0 Å². The van der Waals surface area contributed by atoms with Gasteiger partial charge in [-0.1, -0.05) is 87.9 Å². The highest BCUT2D eigenvalue weighted by molar-refractivity contribution is 5.78. The topological polar surface area (TPSA) is 85.9 Å². The van der Waals surface area contributed by atoms with E-state index in [2.05, 4.69) is 50.4 Å². The lowest BCUT2D eigenvalue weighted by Gasteiger charge is -2.44. The highest BCUT2D eigenvalue weighted by Gasteiger charge is 2.46. The van der Waals surface area contributed by atoms with Crippen LogP contribution < -0.4 is 5.32 Å². The van der Waals surface area contributed by atoms with Crippen LogP contribution in [-0.4, -0.2) is 18.1 Å². The number of carbonyl (C=O) groups is 1. The van der Waals surface area contributed by atoms with Crippen molar-refractivity contribution in [1.29, 1.82) is 10.5 Å². The predicted molar refractivity (Wildman–Crippen MR) is 137 cm³/mol. The lowest BCUT2D eigenvalue weighted by molar-refractivity contribution is -0.161. The molecule has 1 fully saturated rings. The van der Waals surface area contributed by atoms with Crippen molar-refractivity contribution in [3.8, 4) is 12.1 Å². The molecule has 1 aliphatic carbocycles. The maximum Gasteiger partial charge on any atom is 0.326 e. The van der Waals surface area contributed by atoms with Crippen molar-refractivity contribution in [1.82, 2.24) is 5.32 Å². The average Bonchev–Trinajstić information content (AvgIpc) is 2.87. The molecule has 0 heterocycles. The van der Waals surface area contributed by atoms with Gasteiger partial charge < -0.3 is 4.74 Å². The molecule has 0 aliphatic heterocycles. The van der Waals surface area contributed by atoms with Gasteiger partial charge in [0.2, 0.25) is 0 Å². The molecule has 0 radical (unpaired) electrons. The third-order valence-electron chi connectivity index (χ3n) is 7.76. The number of carbonyl (C=O) groups excluding carboxylic acids is 1. The van der Waals surface area contributed by atoms with Crippen LogP contribution in [0.25, 0.3) is 0 Å². The summed E-state index contributed by atoms with van der Waals surface area (Å²) in [5.74, 6) is 0.0302. The summed E-state index contributed by atoms with van der Waals surface area (Å²) in [6, 6.07) is 22.8. The Morgan fingerprint density at radius 1 is 1.00 bits per heavy atom. The van der Waals surface area contributed by atoms with Gasteiger partial charge >= 0.3 is 5.97 Å². The fourth-order valence-corrected chi connectivity index (χ4v) is 5.30. The van der Waals surface area contributed by atoms with E-state index in [1.54, 1.807) is 0 Å². The zero-order chi connectivity index (χ0) is 25.6. The van der Waals surface area contributed by atoms with E-state index in [0.717, 1.165) is 24.8 Å². The first-order valence-electron chi connectivity index (χ1n) is 12.5. The molecule has 0 aromatic heterocycles. The Labute approximate surface area is 210 Å². The Morgan fingerprint density at radius 2 is 1.57 bits per heavy atom. The number of nitrogens with zero attached hydrogens (tertiary/aromatic N) is 2. The first kappa shape index (κ1) is 26.5. The molecule has 0 amide bonds. The summed E-state index contributed by atoms with van der Waals surface area (Å²) >= 11 is 0. The summed E-state index contributed by atoms with van der Waals surface area (Å²) < 4.78 is 6.23. The van der Waals surface area contributed by atoms with E-state index in [4.69, 9.17) is 4.74 Å². The molecule has 0 spiro atoms. The number of esters is 1. The fraction of sp³-hybridized carbons (Fsp3) is 0.500. The summed E-state index contributed by atoms with van der Waals surface area (Å²) in [4.78, 5) is 13.7. The van der Waals surface area contributed by atoms with Crippen molar-refractivity contribution in [3.63, 3.8) is 0 Å². The Hall–Kier alpha value is -3.15. The van der Waals surface area contributed by atoms with Crippen LogP contribution in [0.1, 0.15) is 71.0 Å². The summed E-state index contributed by atoms with van der Waals surface area (Å²) in [6.45, 7) is 10.0. The second kappa shape index (κ2) is 11.1. The lowest BCUT2D eigenvalue weighted by atomic mass is 9.64. The molecule has 5 heteroatoms. The number of nitriles is 2. The van der Waals surface area contributed by atoms with Gasteiger partial charge in [-0.15, -0.1) is 0 Å². The number of benzene rings is 2. The smallest absolute Gasteiger partial charge is 0.326 e. The van der Waals surface area contributed by atoms with E-state index in [9.17, 15) is 15.3 Å². The number of rotatable bonds is 8. The Morgan fingerprint density at radius 3 is 2.14 bits per heavy atom. The maximum atomic E-state index is 13.7. The third kappa shape index (κ3) is 5.92. The van der Waals surface area contributed by atoms with Gasteiger partial charge in [0.25, 0.3) is 0 Å². The zero-order valence-electron chi connectivity index (χ0n) is 21.5. The predicted octanol–water partition coefficient (Wildman–Crippen LogP) is 6.09. The molecule has 35 heavy (non-hydrogen) atoms. The van der Waals surface area contributed by atoms with Crippen LogP contribution in [0.4, 0.5) is 0 Å². The summed E-state index contributed by atoms with van der Waals surface area (Å²) in [7, 11) is 0. The Bertz CT molecular complexity index is 1050. The first-order chi connectivity index (χ1) is 16.6. The number of ether oxygens (including phenoxy) is 1. The minimum absolute atomic E-state index is 0.132. The van der Waals surface area contributed by atoms with E-state index in [0.29, 0.717) is 5.92 Å². The zero-order valence-corrected chi connectivity index (χ0v) is 21.5. The van der Waals surface area contributed by atoms with Gasteiger partial charge in [0.15, 0.2) is 5.41 Å². The Balaban J connectivity index is 1.88. The molecule has 5 atom stereocenters. The van der Waals surface area contributed by atoms with E-state index in [1.165, 1.54) is 12.5 Å². The quantitative estimate of drug-likeness (QED) is 0.471. The van der Waals surface area contributed by atoms with Crippen LogP contribution in [0.5, 0.6) is 0 Å². The van der Waals surface area contributed by atoms with Crippen LogP contribution in [0.15, 0.2) is 60.7 Å². The number of hydrogen-bond acceptors (Lipinski definition) is 5. The SMILES string of the molecule is C[C@@H]1CC[C@@H](C(C)(C)c2ccccc2)[C@H](OC(=O)[C@@H](N[C@@H](C)c2ccccc2)C(C)(C#N)C#N)C1. The number of hydrogen-bond donors (Lipinski definition) is 1. The minimum atomic E-state index is -1.56. The largest absolute Gasteiger partial charge is 0.461 e. The molecule has 2 aromatic carbocycles. The van der Waals surface area contributed by atoms with Crippen molar-refractivity contribution in [2.24, 2.45) is 17.3 Å². The molecular formula is C30H37N3O2. The van der Waals surface area contributed by atoms with E-state index >= 15 is 0 Å². The van der Waals surface area contributed by atoms with Crippen LogP contribution >= 0.6 is 0 Å². The van der Waals surface area contributed by atoms with Crippen LogP contribution in [-0.2, 0) is 14.9 Å². The molecule has 1 aliphatic rings. The lowest BCUT2D eigenvalue weighted by Crippen LogP contribution is -2.52. The van der Waals surface area contributed by atoms with Crippen molar-refractivity contribution in [3.05, 3.63) is 71.8 Å². The molecule has 1 saturated carbocycles. The molecule has 5 nitrogen and oxygen atoms in total. The normalized spacial score (nSPS) is 22.3. The molecule has 0 bridgehead atoms. The standard InChI is InChI=1S/C30H37N3O2/c1-21-16-17-25(29(3,4)24-14-10-7-11-15-24)26(18-21)35-28(34)27(30(5,19-31)20-32)33-22(2)23-12-8-6-9-13-23/h6-15,21-22,25-27,33H,16-18H2,1-5H3/t21-,22+,25-,26-,27-/m1/s1. The molecule has 1 N–H and O–H groups in total.